The van der Waals surface area contributed by atoms with Gasteiger partial charge in [-0.25, -0.2) is 9.78 Å². The average molecular weight is 502 g/mol. The summed E-state index contributed by atoms with van der Waals surface area (Å²) in [6.45, 7) is 7.50. The van der Waals surface area contributed by atoms with Crippen LogP contribution in [0.3, 0.4) is 0 Å². The lowest BCUT2D eigenvalue weighted by atomic mass is 10.1. The van der Waals surface area contributed by atoms with E-state index in [-0.39, 0.29) is 6.61 Å². The molecule has 4 aromatic rings. The largest absolute Gasteiger partial charge is 0.493 e. The number of carbonyl (C=O) groups is 1. The topological polar surface area (TPSA) is 91.0 Å². The van der Waals surface area contributed by atoms with Crippen LogP contribution >= 0.6 is 0 Å². The van der Waals surface area contributed by atoms with Crippen molar-refractivity contribution in [3.63, 3.8) is 0 Å². The minimum absolute atomic E-state index is 0.189. The predicted octanol–water partition coefficient (Wildman–Crippen LogP) is 6.40. The molecule has 0 radical (unpaired) electrons. The molecular formula is C30H31NO6. The Bertz CT molecular complexity index is 1340. The van der Waals surface area contributed by atoms with Gasteiger partial charge in [0.25, 0.3) is 0 Å². The zero-order chi connectivity index (χ0) is 26.4. The first kappa shape index (κ1) is 25.8. The van der Waals surface area contributed by atoms with Crippen molar-refractivity contribution in [3.8, 4) is 28.7 Å². The van der Waals surface area contributed by atoms with Crippen molar-refractivity contribution < 1.29 is 28.5 Å². The highest BCUT2D eigenvalue weighted by molar-refractivity contribution is 5.76. The third-order valence-corrected chi connectivity index (χ3v) is 5.85. The normalized spacial score (nSPS) is 11.2. The van der Waals surface area contributed by atoms with Gasteiger partial charge in [-0.3, -0.25) is 0 Å². The second kappa shape index (κ2) is 11.2. The monoisotopic (exact) mass is 501 g/mol. The molecule has 0 saturated carbocycles. The molecule has 0 amide bonds. The Hall–Kier alpha value is -4.26. The number of nitrogens with zero attached hydrogens (tertiary/aromatic N) is 1. The third-order valence-electron chi connectivity index (χ3n) is 5.85. The summed E-state index contributed by atoms with van der Waals surface area (Å²) in [6.07, 6.45) is 0.571. The Morgan fingerprint density at radius 3 is 2.35 bits per heavy atom. The van der Waals surface area contributed by atoms with Gasteiger partial charge in [-0.2, -0.15) is 0 Å². The van der Waals surface area contributed by atoms with Crippen molar-refractivity contribution in [2.75, 3.05) is 6.61 Å². The molecule has 0 fully saturated rings. The quantitative estimate of drug-likeness (QED) is 0.254. The van der Waals surface area contributed by atoms with E-state index in [4.69, 9.17) is 18.6 Å². The van der Waals surface area contributed by atoms with Crippen molar-refractivity contribution >= 4 is 5.97 Å². The summed E-state index contributed by atoms with van der Waals surface area (Å²) >= 11 is 0. The van der Waals surface area contributed by atoms with Crippen LogP contribution in [0.1, 0.15) is 36.4 Å². The number of carboxylic acid groups (broad SMARTS) is 1. The fourth-order valence-corrected chi connectivity index (χ4v) is 3.60. The highest BCUT2D eigenvalue weighted by Crippen LogP contribution is 2.29. The number of ether oxygens (including phenoxy) is 3. The number of aromatic nitrogens is 1. The van der Waals surface area contributed by atoms with Gasteiger partial charge in [0, 0.05) is 17.5 Å². The molecule has 0 unspecified atom stereocenters. The molecule has 7 nitrogen and oxygen atoms in total. The summed E-state index contributed by atoms with van der Waals surface area (Å²) in [5.41, 5.74) is 2.17. The Labute approximate surface area is 216 Å². The number of carboxylic acids is 1. The number of rotatable bonds is 11. The number of aliphatic carboxylic acids is 1. The molecule has 37 heavy (non-hydrogen) atoms. The van der Waals surface area contributed by atoms with E-state index in [1.165, 1.54) is 13.8 Å². The molecule has 0 saturated heterocycles. The summed E-state index contributed by atoms with van der Waals surface area (Å²) in [4.78, 5) is 16.2. The molecule has 0 aliphatic rings. The number of oxazole rings is 1. The van der Waals surface area contributed by atoms with Gasteiger partial charge in [-0.15, -0.1) is 0 Å². The number of aryl methyl sites for hydroxylation is 2. The molecule has 0 atom stereocenters. The van der Waals surface area contributed by atoms with Crippen molar-refractivity contribution in [1.29, 1.82) is 0 Å². The van der Waals surface area contributed by atoms with Crippen molar-refractivity contribution in [2.24, 2.45) is 0 Å². The van der Waals surface area contributed by atoms with Crippen molar-refractivity contribution in [3.05, 3.63) is 95.4 Å². The lowest BCUT2D eigenvalue weighted by molar-refractivity contribution is -0.152. The summed E-state index contributed by atoms with van der Waals surface area (Å²) in [6, 6.07) is 22.8. The van der Waals surface area contributed by atoms with Crippen LogP contribution in [-0.4, -0.2) is 28.3 Å². The first-order valence-electron chi connectivity index (χ1n) is 12.1. The van der Waals surface area contributed by atoms with Crippen LogP contribution in [0, 0.1) is 13.8 Å². The fraction of sp³-hybridized carbons (Fsp3) is 0.267. The molecule has 1 N–H and O–H groups in total. The fourth-order valence-electron chi connectivity index (χ4n) is 3.60. The average Bonchev–Trinajstić information content (AvgIpc) is 3.25. The zero-order valence-corrected chi connectivity index (χ0v) is 21.5. The molecule has 0 spiro atoms. The summed E-state index contributed by atoms with van der Waals surface area (Å²) in [7, 11) is 0. The van der Waals surface area contributed by atoms with Crippen LogP contribution < -0.4 is 14.2 Å². The van der Waals surface area contributed by atoms with E-state index in [2.05, 4.69) is 4.98 Å². The number of hydrogen-bond donors (Lipinski definition) is 1. The third kappa shape index (κ3) is 6.70. The first-order valence-corrected chi connectivity index (χ1v) is 12.1. The standard InChI is InChI=1S/C30H31NO6/c1-20-10-12-24(13-11-20)35-19-23-18-25(14-15-27(23)37-30(3,4)29(32)33)34-17-16-26-21(2)36-28(31-26)22-8-6-5-7-9-22/h5-15,18H,16-17,19H2,1-4H3,(H,32,33). The van der Waals surface area contributed by atoms with Gasteiger partial charge in [0.2, 0.25) is 5.89 Å². The molecule has 4 rings (SSSR count). The Balaban J connectivity index is 1.46. The Morgan fingerprint density at radius 2 is 1.65 bits per heavy atom. The van der Waals surface area contributed by atoms with Crippen molar-refractivity contribution in [1.82, 2.24) is 4.98 Å². The smallest absolute Gasteiger partial charge is 0.347 e. The first-order chi connectivity index (χ1) is 17.7. The lowest BCUT2D eigenvalue weighted by Gasteiger charge is -2.24. The second-order valence-electron chi connectivity index (χ2n) is 9.28. The minimum Gasteiger partial charge on any atom is -0.493 e. The lowest BCUT2D eigenvalue weighted by Crippen LogP contribution is -2.38. The van der Waals surface area contributed by atoms with E-state index in [1.54, 1.807) is 12.1 Å². The Morgan fingerprint density at radius 1 is 0.946 bits per heavy atom. The van der Waals surface area contributed by atoms with Crippen molar-refractivity contribution in [2.45, 2.75) is 46.3 Å². The van der Waals surface area contributed by atoms with Crippen LogP contribution in [0.15, 0.2) is 77.2 Å². The van der Waals surface area contributed by atoms with Crippen LogP contribution in [-0.2, 0) is 17.8 Å². The molecular weight excluding hydrogens is 470 g/mol. The number of benzene rings is 3. The maximum atomic E-state index is 11.6. The molecule has 3 aromatic carbocycles. The van der Waals surface area contributed by atoms with Gasteiger partial charge in [-0.1, -0.05) is 35.9 Å². The summed E-state index contributed by atoms with van der Waals surface area (Å²) in [5, 5.41) is 9.51. The zero-order valence-electron chi connectivity index (χ0n) is 21.5. The van der Waals surface area contributed by atoms with Crippen LogP contribution in [0.25, 0.3) is 11.5 Å². The molecule has 0 bridgehead atoms. The van der Waals surface area contributed by atoms with E-state index < -0.39 is 11.6 Å². The highest BCUT2D eigenvalue weighted by atomic mass is 16.5. The molecule has 0 aliphatic heterocycles. The van der Waals surface area contributed by atoms with Gasteiger partial charge in [-0.05, 0) is 70.2 Å². The van der Waals surface area contributed by atoms with Gasteiger partial charge in [0.1, 0.15) is 29.6 Å². The predicted molar refractivity (Wildman–Crippen MR) is 140 cm³/mol. The summed E-state index contributed by atoms with van der Waals surface area (Å²) < 4.78 is 23.6. The summed E-state index contributed by atoms with van der Waals surface area (Å²) in [5.74, 6) is 2.03. The van der Waals surface area contributed by atoms with Gasteiger partial charge in [0.05, 0.1) is 12.3 Å². The second-order valence-corrected chi connectivity index (χ2v) is 9.28. The maximum Gasteiger partial charge on any atom is 0.347 e. The highest BCUT2D eigenvalue weighted by Gasteiger charge is 2.30. The Kier molecular flexibility index (Phi) is 7.82. The van der Waals surface area contributed by atoms with E-state index in [0.717, 1.165) is 22.6 Å². The van der Waals surface area contributed by atoms with Crippen LogP contribution in [0.5, 0.6) is 17.2 Å². The maximum absolute atomic E-state index is 11.6. The van der Waals surface area contributed by atoms with Crippen LogP contribution in [0.4, 0.5) is 0 Å². The van der Waals surface area contributed by atoms with Gasteiger partial charge >= 0.3 is 5.97 Å². The molecule has 192 valence electrons. The van der Waals surface area contributed by atoms with E-state index in [0.29, 0.717) is 41.7 Å². The SMILES string of the molecule is Cc1ccc(OCc2cc(OCCc3nc(-c4ccccc4)oc3C)ccc2OC(C)(C)C(=O)O)cc1. The molecule has 1 aromatic heterocycles. The minimum atomic E-state index is -1.40. The van der Waals surface area contributed by atoms with Gasteiger partial charge in [0.15, 0.2) is 5.60 Å². The molecule has 1 heterocycles. The van der Waals surface area contributed by atoms with E-state index >= 15 is 0 Å². The van der Waals surface area contributed by atoms with Crippen LogP contribution in [0.2, 0.25) is 0 Å². The number of hydrogen-bond acceptors (Lipinski definition) is 6. The van der Waals surface area contributed by atoms with E-state index in [9.17, 15) is 9.90 Å². The molecule has 7 heteroatoms. The molecule has 0 aliphatic carbocycles. The van der Waals surface area contributed by atoms with E-state index in [1.807, 2.05) is 74.5 Å². The van der Waals surface area contributed by atoms with Gasteiger partial charge < -0.3 is 23.7 Å².